The van der Waals surface area contributed by atoms with Gasteiger partial charge in [-0.2, -0.15) is 5.26 Å². The molecule has 0 fully saturated rings. The molecule has 0 aliphatic carbocycles. The van der Waals surface area contributed by atoms with Crippen molar-refractivity contribution in [1.82, 2.24) is 9.13 Å². The van der Waals surface area contributed by atoms with Crippen molar-refractivity contribution in [3.05, 3.63) is 157 Å². The Morgan fingerprint density at radius 1 is 0.404 bits per heavy atom. The SMILES string of the molecule is N#Cc1cccc2c1sc1c2ccc2c1c1ccccc1n2-c1ccccc1-c1ccccc1-n1c2ccccc2c2ccccc21. The number of hydrogen-bond acceptors (Lipinski definition) is 2. The minimum Gasteiger partial charge on any atom is -0.309 e. The molecule has 0 spiro atoms. The zero-order valence-corrected chi connectivity index (χ0v) is 26.0. The minimum atomic E-state index is 0.729. The number of rotatable bonds is 3. The van der Waals surface area contributed by atoms with Gasteiger partial charge in [0.05, 0.1) is 43.7 Å². The third kappa shape index (κ3) is 3.60. The monoisotopic (exact) mass is 615 g/mol. The lowest BCUT2D eigenvalue weighted by molar-refractivity contribution is 1.16. The standard InChI is InChI=1S/C43H25N3S/c44-26-27-12-11-18-32-33-24-25-40-41(43(33)47-42(27)32)34-17-5-10-23-39(34)46(40)38-22-9-4-16-31(38)30-15-3-8-21-37(30)45-35-19-6-1-13-28(35)29-14-2-7-20-36(29)45/h1-25H. The second-order valence-corrected chi connectivity index (χ2v) is 13.0. The fourth-order valence-corrected chi connectivity index (χ4v) is 8.95. The third-order valence-corrected chi connectivity index (χ3v) is 10.9. The summed E-state index contributed by atoms with van der Waals surface area (Å²) in [7, 11) is 0. The van der Waals surface area contributed by atoms with Crippen molar-refractivity contribution < 1.29 is 0 Å². The van der Waals surface area contributed by atoms with Gasteiger partial charge >= 0.3 is 0 Å². The van der Waals surface area contributed by atoms with Gasteiger partial charge in [-0.1, -0.05) is 109 Å². The quantitative estimate of drug-likeness (QED) is 0.195. The molecule has 0 amide bonds. The van der Waals surface area contributed by atoms with Crippen molar-refractivity contribution in [1.29, 1.82) is 5.26 Å². The summed E-state index contributed by atoms with van der Waals surface area (Å²) in [4.78, 5) is 0. The maximum absolute atomic E-state index is 9.90. The van der Waals surface area contributed by atoms with E-state index in [0.717, 1.165) is 43.6 Å². The molecule has 0 N–H and O–H groups in total. The van der Waals surface area contributed by atoms with Crippen LogP contribution in [0.25, 0.3) is 86.3 Å². The van der Waals surface area contributed by atoms with Gasteiger partial charge in [-0.25, -0.2) is 0 Å². The fraction of sp³-hybridized carbons (Fsp3) is 0. The number of para-hydroxylation sites is 5. The van der Waals surface area contributed by atoms with Crippen LogP contribution in [0.1, 0.15) is 5.56 Å². The van der Waals surface area contributed by atoms with Crippen LogP contribution in [0.4, 0.5) is 0 Å². The van der Waals surface area contributed by atoms with E-state index in [9.17, 15) is 5.26 Å². The van der Waals surface area contributed by atoms with Crippen LogP contribution < -0.4 is 0 Å². The summed E-state index contributed by atoms with van der Waals surface area (Å²) in [6.07, 6.45) is 0. The van der Waals surface area contributed by atoms with E-state index in [0.29, 0.717) is 0 Å². The van der Waals surface area contributed by atoms with E-state index in [-0.39, 0.29) is 0 Å². The summed E-state index contributed by atoms with van der Waals surface area (Å²) in [5.41, 5.74) is 10.0. The largest absolute Gasteiger partial charge is 0.309 e. The molecule has 0 unspecified atom stereocenters. The highest BCUT2D eigenvalue weighted by atomic mass is 32.1. The van der Waals surface area contributed by atoms with Crippen LogP contribution in [0.15, 0.2) is 152 Å². The first-order valence-electron chi connectivity index (χ1n) is 15.8. The zero-order chi connectivity index (χ0) is 31.1. The molecule has 3 heterocycles. The summed E-state index contributed by atoms with van der Waals surface area (Å²) in [6, 6.07) is 56.6. The molecule has 10 aromatic rings. The third-order valence-electron chi connectivity index (χ3n) is 9.58. The second-order valence-electron chi connectivity index (χ2n) is 12.0. The summed E-state index contributed by atoms with van der Waals surface area (Å²) in [5, 5.41) is 17.2. The Bertz CT molecular complexity index is 2880. The summed E-state index contributed by atoms with van der Waals surface area (Å²) in [5.74, 6) is 0. The molecule has 0 aliphatic heterocycles. The molecule has 0 saturated heterocycles. The van der Waals surface area contributed by atoms with E-state index in [4.69, 9.17) is 0 Å². The first-order valence-corrected chi connectivity index (χ1v) is 16.6. The highest BCUT2D eigenvalue weighted by Crippen LogP contribution is 2.45. The number of hydrogen-bond donors (Lipinski definition) is 0. The van der Waals surface area contributed by atoms with E-state index in [2.05, 4.69) is 155 Å². The van der Waals surface area contributed by atoms with E-state index in [1.807, 2.05) is 12.1 Å². The average molecular weight is 616 g/mol. The molecule has 7 aromatic carbocycles. The molecule has 3 aromatic heterocycles. The lowest BCUT2D eigenvalue weighted by Gasteiger charge is -2.18. The van der Waals surface area contributed by atoms with E-state index in [1.165, 1.54) is 48.2 Å². The van der Waals surface area contributed by atoms with Crippen LogP contribution in [-0.4, -0.2) is 9.13 Å². The molecule has 0 bridgehead atoms. The lowest BCUT2D eigenvalue weighted by Crippen LogP contribution is -2.01. The van der Waals surface area contributed by atoms with Gasteiger partial charge in [0.15, 0.2) is 0 Å². The first-order chi connectivity index (χ1) is 23.3. The Morgan fingerprint density at radius 2 is 0.894 bits per heavy atom. The molecule has 10 rings (SSSR count). The van der Waals surface area contributed by atoms with E-state index < -0.39 is 0 Å². The number of aromatic nitrogens is 2. The Balaban J connectivity index is 1.30. The summed E-state index contributed by atoms with van der Waals surface area (Å²) in [6.45, 7) is 0. The molecule has 0 radical (unpaired) electrons. The molecular weight excluding hydrogens is 591 g/mol. The molecular formula is C43H25N3S. The van der Waals surface area contributed by atoms with E-state index >= 15 is 0 Å². The predicted octanol–water partition coefficient (Wildman–Crippen LogP) is 11.8. The minimum absolute atomic E-state index is 0.729. The maximum Gasteiger partial charge on any atom is 0.101 e. The van der Waals surface area contributed by atoms with Gasteiger partial charge in [-0.15, -0.1) is 11.3 Å². The molecule has 3 nitrogen and oxygen atoms in total. The number of nitrogens with zero attached hydrogens (tertiary/aromatic N) is 3. The van der Waals surface area contributed by atoms with Crippen LogP contribution in [-0.2, 0) is 0 Å². The number of fused-ring (bicyclic) bond motifs is 10. The van der Waals surface area contributed by atoms with Crippen LogP contribution in [0.2, 0.25) is 0 Å². The Morgan fingerprint density at radius 3 is 1.53 bits per heavy atom. The maximum atomic E-state index is 9.90. The van der Waals surface area contributed by atoms with Crippen LogP contribution in [0, 0.1) is 11.3 Å². The zero-order valence-electron chi connectivity index (χ0n) is 25.2. The van der Waals surface area contributed by atoms with Gasteiger partial charge < -0.3 is 9.13 Å². The average Bonchev–Trinajstić information content (AvgIpc) is 3.79. The fourth-order valence-electron chi connectivity index (χ4n) is 7.63. The lowest BCUT2D eigenvalue weighted by atomic mass is 10.0. The Kier molecular flexibility index (Phi) is 5.51. The van der Waals surface area contributed by atoms with Crippen molar-refractivity contribution in [3.63, 3.8) is 0 Å². The van der Waals surface area contributed by atoms with Crippen molar-refractivity contribution >= 4 is 75.1 Å². The van der Waals surface area contributed by atoms with Gasteiger partial charge in [-0.05, 0) is 42.5 Å². The second kappa shape index (κ2) is 9.92. The predicted molar refractivity (Wildman–Crippen MR) is 198 cm³/mol. The molecule has 0 saturated carbocycles. The molecule has 0 aliphatic rings. The van der Waals surface area contributed by atoms with E-state index in [1.54, 1.807) is 11.3 Å². The number of benzene rings is 7. The van der Waals surface area contributed by atoms with Crippen molar-refractivity contribution in [2.45, 2.75) is 0 Å². The highest BCUT2D eigenvalue weighted by Gasteiger charge is 2.21. The van der Waals surface area contributed by atoms with Gasteiger partial charge in [0.1, 0.15) is 6.07 Å². The van der Waals surface area contributed by atoms with Crippen LogP contribution in [0.5, 0.6) is 0 Å². The van der Waals surface area contributed by atoms with Crippen LogP contribution >= 0.6 is 11.3 Å². The van der Waals surface area contributed by atoms with Gasteiger partial charge in [0.2, 0.25) is 0 Å². The topological polar surface area (TPSA) is 33.6 Å². The summed E-state index contributed by atoms with van der Waals surface area (Å²) < 4.78 is 7.11. The van der Waals surface area contributed by atoms with Gasteiger partial charge in [0.25, 0.3) is 0 Å². The normalized spacial score (nSPS) is 11.8. The van der Waals surface area contributed by atoms with Crippen LogP contribution in [0.3, 0.4) is 0 Å². The molecule has 4 heteroatoms. The Hall–Kier alpha value is -6.15. The summed E-state index contributed by atoms with van der Waals surface area (Å²) >= 11 is 1.73. The molecule has 0 atom stereocenters. The number of thiophene rings is 1. The van der Waals surface area contributed by atoms with Gasteiger partial charge in [0, 0.05) is 48.1 Å². The van der Waals surface area contributed by atoms with Gasteiger partial charge in [-0.3, -0.25) is 0 Å². The number of nitriles is 1. The smallest absolute Gasteiger partial charge is 0.101 e. The van der Waals surface area contributed by atoms with Crippen molar-refractivity contribution in [2.75, 3.05) is 0 Å². The van der Waals surface area contributed by atoms with Crippen molar-refractivity contribution in [3.8, 4) is 28.6 Å². The highest BCUT2D eigenvalue weighted by molar-refractivity contribution is 7.27. The van der Waals surface area contributed by atoms with Crippen molar-refractivity contribution in [2.24, 2.45) is 0 Å². The Labute approximate surface area is 274 Å². The molecule has 47 heavy (non-hydrogen) atoms. The molecule has 218 valence electrons. The first kappa shape index (κ1) is 26.1.